The molecule has 0 spiro atoms. The number of nitrogens with zero attached hydrogens (tertiary/aromatic N) is 1. The van der Waals surface area contributed by atoms with Crippen molar-refractivity contribution in [1.82, 2.24) is 10.2 Å². The maximum atomic E-state index is 13.4. The zero-order valence-corrected chi connectivity index (χ0v) is 23.0. The number of halogens is 1. The van der Waals surface area contributed by atoms with Gasteiger partial charge in [-0.1, -0.05) is 0 Å². The van der Waals surface area contributed by atoms with Crippen molar-refractivity contribution in [2.75, 3.05) is 47.1 Å². The van der Waals surface area contributed by atoms with E-state index in [2.05, 4.69) is 5.32 Å². The fraction of sp³-hybridized carbons (Fsp3) is 0.560. The van der Waals surface area contributed by atoms with Gasteiger partial charge in [-0.05, 0) is 53.6 Å². The zero-order valence-electron chi connectivity index (χ0n) is 20.9. The molecule has 1 heterocycles. The minimum atomic E-state index is -1.21. The molecule has 1 aliphatic carbocycles. The van der Waals surface area contributed by atoms with Crippen molar-refractivity contribution in [3.05, 3.63) is 32.9 Å². The molecule has 1 unspecified atom stereocenters. The number of amides is 2. The van der Waals surface area contributed by atoms with Crippen LogP contribution in [0.5, 0.6) is 11.5 Å². The zero-order chi connectivity index (χ0) is 26.9. The molecule has 2 amide bonds. The van der Waals surface area contributed by atoms with Crippen LogP contribution in [0.2, 0.25) is 0 Å². The summed E-state index contributed by atoms with van der Waals surface area (Å²) in [6, 6.07) is 2.32. The monoisotopic (exact) mass is 632 g/mol. The predicted molar refractivity (Wildman–Crippen MR) is 141 cm³/mol. The summed E-state index contributed by atoms with van der Waals surface area (Å²) in [5.41, 5.74) is 0.693. The third-order valence-corrected chi connectivity index (χ3v) is 7.08. The highest BCUT2D eigenvalue weighted by Crippen LogP contribution is 2.37. The minimum absolute atomic E-state index is 0.0516. The first-order valence-electron chi connectivity index (χ1n) is 12.0. The van der Waals surface area contributed by atoms with Crippen molar-refractivity contribution < 1.29 is 43.5 Å². The number of rotatable bonds is 12. The molecule has 12 heteroatoms. The van der Waals surface area contributed by atoms with E-state index < -0.39 is 30.3 Å². The fourth-order valence-electron chi connectivity index (χ4n) is 4.42. The van der Waals surface area contributed by atoms with Gasteiger partial charge in [0.2, 0.25) is 5.91 Å². The molecule has 4 atom stereocenters. The van der Waals surface area contributed by atoms with Crippen molar-refractivity contribution in [2.45, 2.75) is 43.6 Å². The quantitative estimate of drug-likeness (QED) is 0.224. The van der Waals surface area contributed by atoms with E-state index in [1.165, 1.54) is 31.3 Å². The Hall–Kier alpha value is -2.26. The Labute approximate surface area is 229 Å². The number of aliphatic hydroxyl groups is 2. The van der Waals surface area contributed by atoms with Gasteiger partial charge >= 0.3 is 0 Å². The summed E-state index contributed by atoms with van der Waals surface area (Å²) in [5.74, 6) is -0.140. The average Bonchev–Trinajstić information content (AvgIpc) is 3.45. The third-order valence-electron chi connectivity index (χ3n) is 6.28. The first kappa shape index (κ1) is 29.3. The summed E-state index contributed by atoms with van der Waals surface area (Å²) >= 11 is 2.00. The molecule has 37 heavy (non-hydrogen) atoms. The summed E-state index contributed by atoms with van der Waals surface area (Å²) in [6.45, 7) is 0.708. The standard InChI is InChI=1S/C25H33IN2O9/c1-34-9-6-28(25(33)19-4-3-8-36-19)18-12-16(24(32)27-5-7-29)13-20(22(18)31)37-23-17(26)10-15(14-30)11-21(23)35-2/h10-11,13-14,18-20,22,29,31H,3-9,12H2,1-2H3,(H,27,32)/t18-,19?,20+,22+/m1/s1. The lowest BCUT2D eigenvalue weighted by Gasteiger charge is -2.41. The Balaban J connectivity index is 1.98. The number of methoxy groups -OCH3 is 2. The van der Waals surface area contributed by atoms with Gasteiger partial charge in [0, 0.05) is 44.4 Å². The van der Waals surface area contributed by atoms with E-state index in [4.69, 9.17) is 24.1 Å². The van der Waals surface area contributed by atoms with Gasteiger partial charge in [0.25, 0.3) is 5.91 Å². The largest absolute Gasteiger partial charge is 0.493 e. The van der Waals surface area contributed by atoms with E-state index in [1.807, 2.05) is 22.6 Å². The molecule has 2 aliphatic rings. The van der Waals surface area contributed by atoms with Crippen LogP contribution in [0.15, 0.2) is 23.8 Å². The second-order valence-corrected chi connectivity index (χ2v) is 9.86. The average molecular weight is 632 g/mol. The lowest BCUT2D eigenvalue weighted by molar-refractivity contribution is -0.149. The molecule has 204 valence electrons. The lowest BCUT2D eigenvalue weighted by Crippen LogP contribution is -2.57. The third kappa shape index (κ3) is 7.19. The molecule has 3 N–H and O–H groups in total. The molecular weight excluding hydrogens is 599 g/mol. The number of carbonyl (C=O) groups is 3. The van der Waals surface area contributed by atoms with Crippen LogP contribution in [-0.2, 0) is 19.1 Å². The smallest absolute Gasteiger partial charge is 0.252 e. The normalized spacial score (nSPS) is 23.2. The van der Waals surface area contributed by atoms with E-state index in [1.54, 1.807) is 6.07 Å². The number of benzene rings is 1. The van der Waals surface area contributed by atoms with Crippen LogP contribution in [0.25, 0.3) is 0 Å². The lowest BCUT2D eigenvalue weighted by atomic mass is 9.87. The van der Waals surface area contributed by atoms with Crippen LogP contribution in [0.3, 0.4) is 0 Å². The van der Waals surface area contributed by atoms with E-state index in [0.29, 0.717) is 39.8 Å². The number of nitrogens with one attached hydrogen (secondary N) is 1. The molecule has 11 nitrogen and oxygen atoms in total. The van der Waals surface area contributed by atoms with Crippen LogP contribution in [0.1, 0.15) is 29.6 Å². The highest BCUT2D eigenvalue weighted by atomic mass is 127. The summed E-state index contributed by atoms with van der Waals surface area (Å²) in [4.78, 5) is 39.1. The molecule has 0 bridgehead atoms. The topological polar surface area (TPSA) is 144 Å². The maximum absolute atomic E-state index is 13.4. The molecule has 1 aromatic carbocycles. The Morgan fingerprint density at radius 1 is 1.32 bits per heavy atom. The van der Waals surface area contributed by atoms with Crippen LogP contribution in [-0.4, -0.2) is 105 Å². The molecule has 1 fully saturated rings. The molecule has 0 saturated carbocycles. The van der Waals surface area contributed by atoms with Crippen molar-refractivity contribution in [3.63, 3.8) is 0 Å². The van der Waals surface area contributed by atoms with Crippen molar-refractivity contribution in [1.29, 1.82) is 0 Å². The molecule has 1 aliphatic heterocycles. The second kappa shape index (κ2) is 14.0. The van der Waals surface area contributed by atoms with E-state index in [-0.39, 0.29) is 44.4 Å². The second-order valence-electron chi connectivity index (χ2n) is 8.69. The van der Waals surface area contributed by atoms with Crippen molar-refractivity contribution >= 4 is 40.7 Å². The molecule has 0 radical (unpaired) electrons. The van der Waals surface area contributed by atoms with Crippen LogP contribution in [0.4, 0.5) is 0 Å². The van der Waals surface area contributed by atoms with Gasteiger partial charge in [0.15, 0.2) is 11.5 Å². The minimum Gasteiger partial charge on any atom is -0.493 e. The van der Waals surface area contributed by atoms with Gasteiger partial charge in [-0.25, -0.2) is 0 Å². The first-order chi connectivity index (χ1) is 17.8. The highest BCUT2D eigenvalue weighted by molar-refractivity contribution is 14.1. The molecule has 0 aromatic heterocycles. The first-order valence-corrected chi connectivity index (χ1v) is 13.1. The SMILES string of the molecule is COCCN(C(=O)C1CCCO1)[C@@H]1CC(C(=O)NCCO)=C[C@H](Oc2c(I)cc(C=O)cc2OC)[C@H]1O. The molecule has 3 rings (SSSR count). The summed E-state index contributed by atoms with van der Waals surface area (Å²) in [7, 11) is 2.95. The van der Waals surface area contributed by atoms with Gasteiger partial charge in [-0.3, -0.25) is 14.4 Å². The summed E-state index contributed by atoms with van der Waals surface area (Å²) in [6.07, 6.45) is 0.746. The van der Waals surface area contributed by atoms with Gasteiger partial charge < -0.3 is 39.4 Å². The number of hydrogen-bond acceptors (Lipinski definition) is 9. The summed E-state index contributed by atoms with van der Waals surface area (Å²) in [5, 5.41) is 23.2. The molecule has 1 aromatic rings. The Bertz CT molecular complexity index is 997. The number of aliphatic hydroxyl groups excluding tert-OH is 2. The van der Waals surface area contributed by atoms with E-state index in [9.17, 15) is 19.5 Å². The van der Waals surface area contributed by atoms with Crippen LogP contribution in [0, 0.1) is 3.57 Å². The highest BCUT2D eigenvalue weighted by Gasteiger charge is 2.42. The van der Waals surface area contributed by atoms with Gasteiger partial charge in [0.1, 0.15) is 24.6 Å². The summed E-state index contributed by atoms with van der Waals surface area (Å²) < 4.78 is 23.0. The van der Waals surface area contributed by atoms with Gasteiger partial charge in [0.05, 0.1) is 29.9 Å². The number of ether oxygens (including phenoxy) is 4. The number of hydrogen-bond donors (Lipinski definition) is 3. The van der Waals surface area contributed by atoms with Gasteiger partial charge in [-0.2, -0.15) is 0 Å². The number of carbonyl (C=O) groups excluding carboxylic acids is 3. The fourth-order valence-corrected chi connectivity index (χ4v) is 5.18. The number of aldehydes is 1. The predicted octanol–water partition coefficient (Wildman–Crippen LogP) is 0.682. The Morgan fingerprint density at radius 2 is 2.11 bits per heavy atom. The maximum Gasteiger partial charge on any atom is 0.252 e. The van der Waals surface area contributed by atoms with Crippen molar-refractivity contribution in [3.8, 4) is 11.5 Å². The van der Waals surface area contributed by atoms with Crippen LogP contribution >= 0.6 is 22.6 Å². The van der Waals surface area contributed by atoms with Gasteiger partial charge in [-0.15, -0.1) is 0 Å². The van der Waals surface area contributed by atoms with E-state index >= 15 is 0 Å². The molecular formula is C25H33IN2O9. The Morgan fingerprint density at radius 3 is 2.73 bits per heavy atom. The molecule has 1 saturated heterocycles. The van der Waals surface area contributed by atoms with E-state index in [0.717, 1.165) is 6.42 Å². The van der Waals surface area contributed by atoms with Crippen molar-refractivity contribution in [2.24, 2.45) is 0 Å². The Kier molecular flexibility index (Phi) is 11.1. The van der Waals surface area contributed by atoms with Crippen LogP contribution < -0.4 is 14.8 Å².